The SMILES string of the molecule is COc1ccc(NC(C)CNC(=O)C[C@@H](C)CCNC(=O)c2cccc(C)c2)cc1. The van der Waals surface area contributed by atoms with Crippen LogP contribution in [0.5, 0.6) is 5.75 Å². The summed E-state index contributed by atoms with van der Waals surface area (Å²) in [7, 11) is 1.64. The number of rotatable bonds is 11. The molecule has 30 heavy (non-hydrogen) atoms. The first-order valence-electron chi connectivity index (χ1n) is 10.4. The molecule has 2 aromatic carbocycles. The lowest BCUT2D eigenvalue weighted by Crippen LogP contribution is -2.35. The molecule has 0 bridgehead atoms. The van der Waals surface area contributed by atoms with Gasteiger partial charge in [-0.25, -0.2) is 0 Å². The molecule has 0 saturated heterocycles. The van der Waals surface area contributed by atoms with E-state index in [1.54, 1.807) is 13.2 Å². The molecule has 2 aromatic rings. The standard InChI is InChI=1S/C24H33N3O3/c1-17-6-5-7-20(14-17)24(29)25-13-12-18(2)15-23(28)26-16-19(3)27-21-8-10-22(30-4)11-9-21/h5-11,14,18-19,27H,12-13,15-16H2,1-4H3,(H,25,29)(H,26,28)/t18-,19?/m0/s1. The van der Waals surface area contributed by atoms with Gasteiger partial charge in [0.25, 0.3) is 5.91 Å². The van der Waals surface area contributed by atoms with E-state index in [2.05, 4.69) is 16.0 Å². The maximum absolute atomic E-state index is 12.2. The fourth-order valence-corrected chi connectivity index (χ4v) is 3.10. The zero-order chi connectivity index (χ0) is 21.9. The van der Waals surface area contributed by atoms with Crippen LogP contribution in [0.2, 0.25) is 0 Å². The summed E-state index contributed by atoms with van der Waals surface area (Å²) in [5.41, 5.74) is 2.71. The van der Waals surface area contributed by atoms with E-state index < -0.39 is 0 Å². The number of carbonyl (C=O) groups excluding carboxylic acids is 2. The highest BCUT2D eigenvalue weighted by Gasteiger charge is 2.12. The van der Waals surface area contributed by atoms with Gasteiger partial charge in [-0.05, 0) is 62.6 Å². The molecule has 0 aliphatic carbocycles. The topological polar surface area (TPSA) is 79.5 Å². The van der Waals surface area contributed by atoms with Gasteiger partial charge in [0.2, 0.25) is 5.91 Å². The molecule has 0 aliphatic heterocycles. The Labute approximate surface area is 179 Å². The van der Waals surface area contributed by atoms with Crippen LogP contribution in [-0.2, 0) is 4.79 Å². The van der Waals surface area contributed by atoms with Crippen LogP contribution in [0, 0.1) is 12.8 Å². The number of aryl methyl sites for hydroxylation is 1. The summed E-state index contributed by atoms with van der Waals surface area (Å²) in [4.78, 5) is 24.4. The van der Waals surface area contributed by atoms with Crippen molar-refractivity contribution in [2.45, 2.75) is 39.7 Å². The molecule has 6 nitrogen and oxygen atoms in total. The first kappa shape index (κ1) is 23.3. The van der Waals surface area contributed by atoms with E-state index >= 15 is 0 Å². The van der Waals surface area contributed by atoms with Crippen LogP contribution in [0.3, 0.4) is 0 Å². The largest absolute Gasteiger partial charge is 0.497 e. The van der Waals surface area contributed by atoms with Crippen molar-refractivity contribution in [1.82, 2.24) is 10.6 Å². The fourth-order valence-electron chi connectivity index (χ4n) is 3.10. The van der Waals surface area contributed by atoms with Gasteiger partial charge >= 0.3 is 0 Å². The molecule has 0 heterocycles. The van der Waals surface area contributed by atoms with E-state index in [1.165, 1.54) is 0 Å². The molecular weight excluding hydrogens is 378 g/mol. The molecule has 3 N–H and O–H groups in total. The van der Waals surface area contributed by atoms with E-state index in [0.717, 1.165) is 23.4 Å². The predicted molar refractivity (Wildman–Crippen MR) is 121 cm³/mol. The molecule has 0 aliphatic rings. The van der Waals surface area contributed by atoms with Gasteiger partial charge in [-0.1, -0.05) is 24.6 Å². The van der Waals surface area contributed by atoms with E-state index in [-0.39, 0.29) is 23.8 Å². The van der Waals surface area contributed by atoms with Crippen LogP contribution < -0.4 is 20.7 Å². The minimum atomic E-state index is -0.0752. The normalized spacial score (nSPS) is 12.5. The Morgan fingerprint density at radius 2 is 1.77 bits per heavy atom. The van der Waals surface area contributed by atoms with Gasteiger partial charge in [0.05, 0.1) is 7.11 Å². The minimum Gasteiger partial charge on any atom is -0.497 e. The minimum absolute atomic E-state index is 0.0240. The molecular formula is C24H33N3O3. The number of ether oxygens (including phenoxy) is 1. The number of nitrogens with one attached hydrogen (secondary N) is 3. The Morgan fingerprint density at radius 3 is 2.43 bits per heavy atom. The summed E-state index contributed by atoms with van der Waals surface area (Å²) >= 11 is 0. The molecule has 0 fully saturated rings. The van der Waals surface area contributed by atoms with Gasteiger partial charge in [0, 0.05) is 36.8 Å². The van der Waals surface area contributed by atoms with Crippen molar-refractivity contribution in [2.24, 2.45) is 5.92 Å². The van der Waals surface area contributed by atoms with Gasteiger partial charge in [0.1, 0.15) is 5.75 Å². The van der Waals surface area contributed by atoms with Gasteiger partial charge in [-0.15, -0.1) is 0 Å². The molecule has 2 rings (SSSR count). The average molecular weight is 412 g/mol. The van der Waals surface area contributed by atoms with Crippen LogP contribution in [0.25, 0.3) is 0 Å². The summed E-state index contributed by atoms with van der Waals surface area (Å²) in [6.45, 7) is 7.11. The highest BCUT2D eigenvalue weighted by Crippen LogP contribution is 2.15. The average Bonchev–Trinajstić information content (AvgIpc) is 2.72. The van der Waals surface area contributed by atoms with Crippen LogP contribution in [-0.4, -0.2) is 38.1 Å². The monoisotopic (exact) mass is 411 g/mol. The smallest absolute Gasteiger partial charge is 0.251 e. The molecule has 0 radical (unpaired) electrons. The predicted octanol–water partition coefficient (Wildman–Crippen LogP) is 3.77. The lowest BCUT2D eigenvalue weighted by molar-refractivity contribution is -0.121. The van der Waals surface area contributed by atoms with Crippen molar-refractivity contribution in [2.75, 3.05) is 25.5 Å². The van der Waals surface area contributed by atoms with Gasteiger partial charge in [-0.2, -0.15) is 0 Å². The molecule has 0 aromatic heterocycles. The molecule has 1 unspecified atom stereocenters. The number of benzene rings is 2. The molecule has 0 spiro atoms. The first-order valence-corrected chi connectivity index (χ1v) is 10.4. The number of hydrogen-bond acceptors (Lipinski definition) is 4. The zero-order valence-electron chi connectivity index (χ0n) is 18.3. The van der Waals surface area contributed by atoms with Crippen LogP contribution in [0.1, 0.15) is 42.6 Å². The summed E-state index contributed by atoms with van der Waals surface area (Å²) in [6.07, 6.45) is 1.19. The van der Waals surface area contributed by atoms with Gasteiger partial charge < -0.3 is 20.7 Å². The van der Waals surface area contributed by atoms with Crippen LogP contribution in [0.4, 0.5) is 5.69 Å². The maximum Gasteiger partial charge on any atom is 0.251 e. The summed E-state index contributed by atoms with van der Waals surface area (Å²) in [6, 6.07) is 15.3. The summed E-state index contributed by atoms with van der Waals surface area (Å²) in [5.74, 6) is 0.947. The van der Waals surface area contributed by atoms with Gasteiger partial charge in [-0.3, -0.25) is 9.59 Å². The van der Waals surface area contributed by atoms with Crippen molar-refractivity contribution < 1.29 is 14.3 Å². The number of amides is 2. The van der Waals surface area contributed by atoms with E-state index in [0.29, 0.717) is 25.1 Å². The summed E-state index contributed by atoms with van der Waals surface area (Å²) in [5, 5.41) is 9.25. The molecule has 6 heteroatoms. The maximum atomic E-state index is 12.2. The highest BCUT2D eigenvalue weighted by molar-refractivity contribution is 5.94. The number of methoxy groups -OCH3 is 1. The Kier molecular flexibility index (Phi) is 9.19. The van der Waals surface area contributed by atoms with E-state index in [1.807, 2.05) is 63.2 Å². The fraction of sp³-hybridized carbons (Fsp3) is 0.417. The van der Waals surface area contributed by atoms with E-state index in [4.69, 9.17) is 4.74 Å². The lowest BCUT2D eigenvalue weighted by Gasteiger charge is -2.17. The van der Waals surface area contributed by atoms with Gasteiger partial charge in [0.15, 0.2) is 0 Å². The lowest BCUT2D eigenvalue weighted by atomic mass is 10.0. The Bertz CT molecular complexity index is 821. The second kappa shape index (κ2) is 11.9. The summed E-state index contributed by atoms with van der Waals surface area (Å²) < 4.78 is 5.15. The Hall–Kier alpha value is -3.02. The van der Waals surface area contributed by atoms with Crippen molar-refractivity contribution in [3.63, 3.8) is 0 Å². The zero-order valence-corrected chi connectivity index (χ0v) is 18.3. The number of carbonyl (C=O) groups is 2. The molecule has 0 saturated carbocycles. The van der Waals surface area contributed by atoms with E-state index in [9.17, 15) is 9.59 Å². The van der Waals surface area contributed by atoms with Crippen molar-refractivity contribution in [1.29, 1.82) is 0 Å². The quantitative estimate of drug-likeness (QED) is 0.526. The van der Waals surface area contributed by atoms with Crippen molar-refractivity contribution in [3.05, 3.63) is 59.7 Å². The third-order valence-corrected chi connectivity index (χ3v) is 4.85. The van der Waals surface area contributed by atoms with Crippen molar-refractivity contribution >= 4 is 17.5 Å². The Balaban J connectivity index is 1.63. The third kappa shape index (κ3) is 8.15. The number of anilines is 1. The third-order valence-electron chi connectivity index (χ3n) is 4.85. The first-order chi connectivity index (χ1) is 14.4. The van der Waals surface area contributed by atoms with Crippen LogP contribution >= 0.6 is 0 Å². The molecule has 2 amide bonds. The highest BCUT2D eigenvalue weighted by atomic mass is 16.5. The second-order valence-corrected chi connectivity index (χ2v) is 7.80. The Morgan fingerprint density at radius 1 is 1.03 bits per heavy atom. The molecule has 162 valence electrons. The van der Waals surface area contributed by atoms with Crippen LogP contribution in [0.15, 0.2) is 48.5 Å². The molecule has 2 atom stereocenters. The van der Waals surface area contributed by atoms with Crippen molar-refractivity contribution in [3.8, 4) is 5.75 Å². The number of hydrogen-bond donors (Lipinski definition) is 3. The second-order valence-electron chi connectivity index (χ2n) is 7.80.